The van der Waals surface area contributed by atoms with Crippen LogP contribution in [0.4, 0.5) is 5.69 Å². The molecular weight excluding hydrogens is 232 g/mol. The van der Waals surface area contributed by atoms with Crippen LogP contribution in [0.1, 0.15) is 56.9 Å². The van der Waals surface area contributed by atoms with Gasteiger partial charge in [-0.25, -0.2) is 0 Å². The predicted octanol–water partition coefficient (Wildman–Crippen LogP) is 4.47. The molecule has 0 saturated carbocycles. The molecule has 2 nitrogen and oxygen atoms in total. The van der Waals surface area contributed by atoms with E-state index in [0.717, 1.165) is 32.4 Å². The summed E-state index contributed by atoms with van der Waals surface area (Å²) in [6.07, 6.45) is 7.17. The zero-order chi connectivity index (χ0) is 13.5. The van der Waals surface area contributed by atoms with Crippen molar-refractivity contribution in [3.05, 3.63) is 29.8 Å². The number of nitrogens with zero attached hydrogens (tertiary/aromatic N) is 2. The number of hydrogen-bond donors (Lipinski definition) is 0. The third-order valence-corrected chi connectivity index (χ3v) is 4.01. The summed E-state index contributed by atoms with van der Waals surface area (Å²) < 4.78 is 0. The highest BCUT2D eigenvalue weighted by atomic mass is 15.1. The van der Waals surface area contributed by atoms with Crippen LogP contribution in [0.25, 0.3) is 0 Å². The van der Waals surface area contributed by atoms with Gasteiger partial charge >= 0.3 is 0 Å². The van der Waals surface area contributed by atoms with Crippen LogP contribution in [0.2, 0.25) is 0 Å². The van der Waals surface area contributed by atoms with Gasteiger partial charge in [0.15, 0.2) is 0 Å². The molecule has 2 heteroatoms. The fourth-order valence-electron chi connectivity index (χ4n) is 2.90. The van der Waals surface area contributed by atoms with Gasteiger partial charge < -0.3 is 4.90 Å². The Hall–Kier alpha value is -1.49. The van der Waals surface area contributed by atoms with Gasteiger partial charge in [-0.3, -0.25) is 0 Å². The van der Waals surface area contributed by atoms with Crippen molar-refractivity contribution >= 4 is 5.69 Å². The smallest absolute Gasteiger partial charge is 0.0732 e. The Morgan fingerprint density at radius 2 is 1.95 bits per heavy atom. The average molecular weight is 256 g/mol. The highest BCUT2D eigenvalue weighted by molar-refractivity contribution is 5.56. The Morgan fingerprint density at radius 3 is 2.63 bits per heavy atom. The van der Waals surface area contributed by atoms with Crippen molar-refractivity contribution < 1.29 is 0 Å². The van der Waals surface area contributed by atoms with E-state index in [2.05, 4.69) is 42.2 Å². The molecule has 1 heterocycles. The van der Waals surface area contributed by atoms with E-state index in [1.807, 2.05) is 0 Å². The number of para-hydroxylation sites is 1. The van der Waals surface area contributed by atoms with Gasteiger partial charge in [0.1, 0.15) is 0 Å². The lowest BCUT2D eigenvalue weighted by atomic mass is 9.92. The van der Waals surface area contributed by atoms with Crippen molar-refractivity contribution in [2.45, 2.75) is 51.4 Å². The van der Waals surface area contributed by atoms with Crippen LogP contribution in [0.3, 0.4) is 0 Å². The maximum Gasteiger partial charge on any atom is 0.0732 e. The Morgan fingerprint density at radius 1 is 1.21 bits per heavy atom. The van der Waals surface area contributed by atoms with Crippen molar-refractivity contribution in [1.82, 2.24) is 0 Å². The molecule has 1 aliphatic rings. The Kier molecular flexibility index (Phi) is 5.27. The molecule has 1 aromatic rings. The van der Waals surface area contributed by atoms with Crippen LogP contribution in [0.5, 0.6) is 0 Å². The molecule has 1 atom stereocenters. The number of benzene rings is 1. The van der Waals surface area contributed by atoms with Crippen molar-refractivity contribution in [3.8, 4) is 6.07 Å². The van der Waals surface area contributed by atoms with Gasteiger partial charge in [0.25, 0.3) is 0 Å². The summed E-state index contributed by atoms with van der Waals surface area (Å²) in [4.78, 5) is 2.47. The summed E-state index contributed by atoms with van der Waals surface area (Å²) in [6.45, 7) is 4.47. The van der Waals surface area contributed by atoms with Gasteiger partial charge in [-0.2, -0.15) is 5.26 Å². The van der Waals surface area contributed by atoms with Crippen molar-refractivity contribution in [3.63, 3.8) is 0 Å². The first-order valence-corrected chi connectivity index (χ1v) is 7.60. The molecule has 2 rings (SSSR count). The number of unbranched alkanes of at least 4 members (excludes halogenated alkanes) is 1. The third kappa shape index (κ3) is 3.50. The second-order valence-corrected chi connectivity index (χ2v) is 5.43. The maximum atomic E-state index is 9.46. The summed E-state index contributed by atoms with van der Waals surface area (Å²) in [7, 11) is 0. The molecule has 0 aliphatic carbocycles. The summed E-state index contributed by atoms with van der Waals surface area (Å²) >= 11 is 0. The Balaban J connectivity index is 2.21. The molecule has 102 valence electrons. The van der Waals surface area contributed by atoms with Crippen LogP contribution < -0.4 is 4.90 Å². The van der Waals surface area contributed by atoms with Crippen molar-refractivity contribution in [2.24, 2.45) is 0 Å². The SMILES string of the molecule is CCCCC(C#N)c1ccccc1N1CCCCC1. The highest BCUT2D eigenvalue weighted by Gasteiger charge is 2.19. The Labute approximate surface area is 117 Å². The molecule has 1 aliphatic heterocycles. The lowest BCUT2D eigenvalue weighted by Gasteiger charge is -2.31. The normalized spacial score (nSPS) is 16.9. The molecule has 0 radical (unpaired) electrons. The first-order chi connectivity index (χ1) is 9.36. The zero-order valence-electron chi connectivity index (χ0n) is 11.9. The molecule has 19 heavy (non-hydrogen) atoms. The fraction of sp³-hybridized carbons (Fsp3) is 0.588. The lowest BCUT2D eigenvalue weighted by Crippen LogP contribution is -2.30. The van der Waals surface area contributed by atoms with E-state index in [4.69, 9.17) is 0 Å². The first-order valence-electron chi connectivity index (χ1n) is 7.60. The van der Waals surface area contributed by atoms with Gasteiger partial charge in [-0.15, -0.1) is 0 Å². The molecule has 0 amide bonds. The van der Waals surface area contributed by atoms with Crippen molar-refractivity contribution in [2.75, 3.05) is 18.0 Å². The molecule has 0 bridgehead atoms. The molecule has 0 aromatic heterocycles. The van der Waals surface area contributed by atoms with Gasteiger partial charge in [0.05, 0.1) is 12.0 Å². The van der Waals surface area contributed by atoms with Crippen LogP contribution in [0.15, 0.2) is 24.3 Å². The van der Waals surface area contributed by atoms with Crippen LogP contribution in [-0.4, -0.2) is 13.1 Å². The molecule has 0 N–H and O–H groups in total. The minimum atomic E-state index is 0.0538. The van der Waals surface area contributed by atoms with Gasteiger partial charge in [-0.05, 0) is 37.3 Å². The van der Waals surface area contributed by atoms with Gasteiger partial charge in [0.2, 0.25) is 0 Å². The number of piperidine rings is 1. The molecular formula is C17H24N2. The molecule has 1 unspecified atom stereocenters. The fourth-order valence-corrected chi connectivity index (χ4v) is 2.90. The summed E-state index contributed by atoms with van der Waals surface area (Å²) in [5, 5.41) is 9.46. The van der Waals surface area contributed by atoms with E-state index in [9.17, 15) is 5.26 Å². The maximum absolute atomic E-state index is 9.46. The van der Waals surface area contributed by atoms with E-state index in [-0.39, 0.29) is 5.92 Å². The van der Waals surface area contributed by atoms with Gasteiger partial charge in [-0.1, -0.05) is 38.0 Å². The lowest BCUT2D eigenvalue weighted by molar-refractivity contribution is 0.573. The van der Waals surface area contributed by atoms with E-state index in [1.165, 1.54) is 30.5 Å². The minimum Gasteiger partial charge on any atom is -0.371 e. The quantitative estimate of drug-likeness (QED) is 0.777. The number of hydrogen-bond acceptors (Lipinski definition) is 2. The van der Waals surface area contributed by atoms with Gasteiger partial charge in [0, 0.05) is 18.8 Å². The standard InChI is InChI=1S/C17H24N2/c1-2-3-9-15(14-18)16-10-5-6-11-17(16)19-12-7-4-8-13-19/h5-6,10-11,15H,2-4,7-9,12-13H2,1H3. The van der Waals surface area contributed by atoms with E-state index in [1.54, 1.807) is 0 Å². The predicted molar refractivity (Wildman–Crippen MR) is 80.4 cm³/mol. The molecule has 1 saturated heterocycles. The molecule has 0 spiro atoms. The first kappa shape index (κ1) is 13.9. The third-order valence-electron chi connectivity index (χ3n) is 4.01. The number of anilines is 1. The largest absolute Gasteiger partial charge is 0.371 e. The second-order valence-electron chi connectivity index (χ2n) is 5.43. The molecule has 1 aromatic carbocycles. The van der Waals surface area contributed by atoms with E-state index >= 15 is 0 Å². The van der Waals surface area contributed by atoms with E-state index < -0.39 is 0 Å². The summed E-state index contributed by atoms with van der Waals surface area (Å²) in [5.74, 6) is 0.0538. The van der Waals surface area contributed by atoms with Crippen LogP contribution in [0, 0.1) is 11.3 Å². The second kappa shape index (κ2) is 7.19. The summed E-state index contributed by atoms with van der Waals surface area (Å²) in [5.41, 5.74) is 2.53. The topological polar surface area (TPSA) is 27.0 Å². The Bertz CT molecular complexity index is 427. The minimum absolute atomic E-state index is 0.0538. The zero-order valence-corrected chi connectivity index (χ0v) is 11.9. The van der Waals surface area contributed by atoms with Crippen LogP contribution in [-0.2, 0) is 0 Å². The summed E-state index contributed by atoms with van der Waals surface area (Å²) in [6, 6.07) is 11.0. The molecule has 1 fully saturated rings. The number of rotatable bonds is 5. The highest BCUT2D eigenvalue weighted by Crippen LogP contribution is 2.32. The number of nitriles is 1. The van der Waals surface area contributed by atoms with Crippen molar-refractivity contribution in [1.29, 1.82) is 5.26 Å². The van der Waals surface area contributed by atoms with E-state index in [0.29, 0.717) is 0 Å². The van der Waals surface area contributed by atoms with Crippen LogP contribution >= 0.6 is 0 Å². The monoisotopic (exact) mass is 256 g/mol. The average Bonchev–Trinajstić information content (AvgIpc) is 2.49.